The Morgan fingerprint density at radius 2 is 1.85 bits per heavy atom. The lowest BCUT2D eigenvalue weighted by Gasteiger charge is -2.15. The average molecular weight is 373 g/mol. The van der Waals surface area contributed by atoms with Crippen LogP contribution in [0.4, 0.5) is 0 Å². The number of hydrogen-bond acceptors (Lipinski definition) is 5. The van der Waals surface area contributed by atoms with Crippen LogP contribution in [0.1, 0.15) is 19.4 Å². The molecule has 0 aromatic heterocycles. The van der Waals surface area contributed by atoms with Crippen molar-refractivity contribution in [2.75, 3.05) is 20.3 Å². The van der Waals surface area contributed by atoms with E-state index in [0.717, 1.165) is 5.56 Å². The standard InChI is InChI=1S/C21H27NO5/c1-15(2)27-19-10-9-16(13-20(19)25-3)11-12-22-21(24)18(23)14-26-17-7-5-4-6-8-17/h4-10,13,15,18,23H,11-12,14H2,1-3H3,(H,22,24)/t18-/m0/s1. The molecule has 2 rings (SSSR count). The van der Waals surface area contributed by atoms with Crippen LogP contribution in [-0.2, 0) is 11.2 Å². The second kappa shape index (κ2) is 10.4. The second-order valence-corrected chi connectivity index (χ2v) is 6.33. The minimum atomic E-state index is -1.22. The summed E-state index contributed by atoms with van der Waals surface area (Å²) in [6, 6.07) is 14.7. The molecular weight excluding hydrogens is 346 g/mol. The molecule has 1 atom stereocenters. The van der Waals surface area contributed by atoms with E-state index in [1.165, 1.54) is 0 Å². The first kappa shape index (κ1) is 20.6. The zero-order valence-corrected chi connectivity index (χ0v) is 16.0. The van der Waals surface area contributed by atoms with Crippen molar-refractivity contribution in [1.82, 2.24) is 5.32 Å². The second-order valence-electron chi connectivity index (χ2n) is 6.33. The van der Waals surface area contributed by atoms with Crippen molar-refractivity contribution in [3.05, 3.63) is 54.1 Å². The molecule has 0 bridgehead atoms. The molecular formula is C21H27NO5. The number of carbonyl (C=O) groups excluding carboxylic acids is 1. The average Bonchev–Trinajstić information content (AvgIpc) is 2.67. The Kier molecular flexibility index (Phi) is 7.95. The summed E-state index contributed by atoms with van der Waals surface area (Å²) in [7, 11) is 1.59. The lowest BCUT2D eigenvalue weighted by molar-refractivity contribution is -0.130. The highest BCUT2D eigenvalue weighted by Crippen LogP contribution is 2.29. The van der Waals surface area contributed by atoms with Crippen molar-refractivity contribution in [3.8, 4) is 17.2 Å². The third-order valence-corrected chi connectivity index (χ3v) is 3.76. The fourth-order valence-corrected chi connectivity index (χ4v) is 2.43. The van der Waals surface area contributed by atoms with E-state index in [0.29, 0.717) is 30.2 Å². The topological polar surface area (TPSA) is 77.0 Å². The maximum Gasteiger partial charge on any atom is 0.252 e. The summed E-state index contributed by atoms with van der Waals surface area (Å²) in [6.07, 6.45) is -0.554. The molecule has 2 N–H and O–H groups in total. The van der Waals surface area contributed by atoms with Crippen LogP contribution in [0.25, 0.3) is 0 Å². The number of carbonyl (C=O) groups is 1. The van der Waals surface area contributed by atoms with Gasteiger partial charge in [0, 0.05) is 6.54 Å². The first-order valence-corrected chi connectivity index (χ1v) is 8.96. The van der Waals surface area contributed by atoms with Gasteiger partial charge in [-0.05, 0) is 50.1 Å². The number of para-hydroxylation sites is 1. The van der Waals surface area contributed by atoms with Gasteiger partial charge in [-0.3, -0.25) is 4.79 Å². The first-order chi connectivity index (χ1) is 13.0. The summed E-state index contributed by atoms with van der Waals surface area (Å²) in [5, 5.41) is 12.6. The third kappa shape index (κ3) is 6.83. The molecule has 0 aliphatic heterocycles. The zero-order valence-electron chi connectivity index (χ0n) is 16.0. The van der Waals surface area contributed by atoms with Crippen LogP contribution < -0.4 is 19.5 Å². The molecule has 0 aliphatic rings. The molecule has 0 fully saturated rings. The van der Waals surface area contributed by atoms with Crippen LogP contribution in [0.5, 0.6) is 17.2 Å². The van der Waals surface area contributed by atoms with E-state index < -0.39 is 12.0 Å². The van der Waals surface area contributed by atoms with Gasteiger partial charge in [0.2, 0.25) is 0 Å². The Labute approximate surface area is 160 Å². The number of ether oxygens (including phenoxy) is 3. The van der Waals surface area contributed by atoms with Crippen LogP contribution in [-0.4, -0.2) is 43.5 Å². The number of hydrogen-bond donors (Lipinski definition) is 2. The summed E-state index contributed by atoms with van der Waals surface area (Å²) in [5.41, 5.74) is 0.998. The Morgan fingerprint density at radius 3 is 2.52 bits per heavy atom. The Bertz CT molecular complexity index is 718. The Morgan fingerprint density at radius 1 is 1.11 bits per heavy atom. The predicted octanol–water partition coefficient (Wildman–Crippen LogP) is 2.58. The highest BCUT2D eigenvalue weighted by Gasteiger charge is 2.15. The van der Waals surface area contributed by atoms with Gasteiger partial charge in [0.15, 0.2) is 17.6 Å². The molecule has 0 saturated carbocycles. The summed E-state index contributed by atoms with van der Waals surface area (Å²) in [5.74, 6) is 1.50. The van der Waals surface area contributed by atoms with Gasteiger partial charge in [-0.1, -0.05) is 24.3 Å². The molecule has 146 valence electrons. The number of benzene rings is 2. The quantitative estimate of drug-likeness (QED) is 0.669. The van der Waals surface area contributed by atoms with Gasteiger partial charge in [-0.2, -0.15) is 0 Å². The summed E-state index contributed by atoms with van der Waals surface area (Å²) < 4.78 is 16.4. The van der Waals surface area contributed by atoms with E-state index in [4.69, 9.17) is 14.2 Å². The molecule has 0 saturated heterocycles. The van der Waals surface area contributed by atoms with E-state index in [9.17, 15) is 9.90 Å². The van der Waals surface area contributed by atoms with E-state index in [1.54, 1.807) is 19.2 Å². The molecule has 1 amide bonds. The normalized spacial score (nSPS) is 11.7. The number of aliphatic hydroxyl groups excluding tert-OH is 1. The lowest BCUT2D eigenvalue weighted by atomic mass is 10.1. The summed E-state index contributed by atoms with van der Waals surface area (Å²) in [4.78, 5) is 12.0. The molecule has 0 unspecified atom stereocenters. The summed E-state index contributed by atoms with van der Waals surface area (Å²) in [6.45, 7) is 4.21. The number of aliphatic hydroxyl groups is 1. The Hall–Kier alpha value is -2.73. The monoisotopic (exact) mass is 373 g/mol. The van der Waals surface area contributed by atoms with Gasteiger partial charge < -0.3 is 24.6 Å². The van der Waals surface area contributed by atoms with Crippen LogP contribution >= 0.6 is 0 Å². The minimum absolute atomic E-state index is 0.0589. The zero-order chi connectivity index (χ0) is 19.6. The molecule has 6 heteroatoms. The van der Waals surface area contributed by atoms with Gasteiger partial charge in [0.05, 0.1) is 13.2 Å². The number of nitrogens with one attached hydrogen (secondary N) is 1. The lowest BCUT2D eigenvalue weighted by Crippen LogP contribution is -2.39. The minimum Gasteiger partial charge on any atom is -0.493 e. The maximum absolute atomic E-state index is 12.0. The van der Waals surface area contributed by atoms with E-state index in [1.807, 2.05) is 50.2 Å². The molecule has 2 aromatic carbocycles. The number of methoxy groups -OCH3 is 1. The molecule has 27 heavy (non-hydrogen) atoms. The molecule has 6 nitrogen and oxygen atoms in total. The van der Waals surface area contributed by atoms with Gasteiger partial charge in [0.1, 0.15) is 12.4 Å². The van der Waals surface area contributed by atoms with Gasteiger partial charge >= 0.3 is 0 Å². The predicted molar refractivity (Wildman–Crippen MR) is 103 cm³/mol. The maximum atomic E-state index is 12.0. The fourth-order valence-electron chi connectivity index (χ4n) is 2.43. The van der Waals surface area contributed by atoms with Crippen LogP contribution in [0.3, 0.4) is 0 Å². The van der Waals surface area contributed by atoms with E-state index >= 15 is 0 Å². The van der Waals surface area contributed by atoms with Crippen molar-refractivity contribution in [3.63, 3.8) is 0 Å². The van der Waals surface area contributed by atoms with Crippen molar-refractivity contribution in [2.45, 2.75) is 32.5 Å². The molecule has 0 radical (unpaired) electrons. The van der Waals surface area contributed by atoms with E-state index in [-0.39, 0.29) is 12.7 Å². The van der Waals surface area contributed by atoms with Crippen LogP contribution in [0, 0.1) is 0 Å². The SMILES string of the molecule is COc1cc(CCNC(=O)[C@@H](O)COc2ccccc2)ccc1OC(C)C. The number of amides is 1. The highest BCUT2D eigenvalue weighted by molar-refractivity contribution is 5.80. The molecule has 2 aromatic rings. The molecule has 0 aliphatic carbocycles. The van der Waals surface area contributed by atoms with E-state index in [2.05, 4.69) is 5.32 Å². The Balaban J connectivity index is 1.78. The van der Waals surface area contributed by atoms with Crippen LogP contribution in [0.2, 0.25) is 0 Å². The van der Waals surface area contributed by atoms with Crippen LogP contribution in [0.15, 0.2) is 48.5 Å². The molecule has 0 spiro atoms. The fraction of sp³-hybridized carbons (Fsp3) is 0.381. The van der Waals surface area contributed by atoms with Gasteiger partial charge in [-0.25, -0.2) is 0 Å². The van der Waals surface area contributed by atoms with Gasteiger partial charge in [0.25, 0.3) is 5.91 Å². The smallest absolute Gasteiger partial charge is 0.252 e. The van der Waals surface area contributed by atoms with Crippen molar-refractivity contribution in [2.24, 2.45) is 0 Å². The van der Waals surface area contributed by atoms with Crippen molar-refractivity contribution in [1.29, 1.82) is 0 Å². The molecule has 0 heterocycles. The number of rotatable bonds is 10. The highest BCUT2D eigenvalue weighted by atomic mass is 16.5. The van der Waals surface area contributed by atoms with Crippen molar-refractivity contribution >= 4 is 5.91 Å². The summed E-state index contributed by atoms with van der Waals surface area (Å²) >= 11 is 0. The first-order valence-electron chi connectivity index (χ1n) is 8.96. The largest absolute Gasteiger partial charge is 0.493 e. The van der Waals surface area contributed by atoms with Gasteiger partial charge in [-0.15, -0.1) is 0 Å². The van der Waals surface area contributed by atoms with Crippen molar-refractivity contribution < 1.29 is 24.1 Å². The third-order valence-electron chi connectivity index (χ3n) is 3.76.